The van der Waals surface area contributed by atoms with Crippen molar-refractivity contribution < 1.29 is 0 Å². The number of aryl methyl sites for hydroxylation is 3. The van der Waals surface area contributed by atoms with Gasteiger partial charge in [0.2, 0.25) is 0 Å². The molecule has 1 heteroatoms. The van der Waals surface area contributed by atoms with Gasteiger partial charge < -0.3 is 5.32 Å². The topological polar surface area (TPSA) is 12.0 Å². The molecule has 0 aromatic heterocycles. The van der Waals surface area contributed by atoms with Crippen LogP contribution in [0.3, 0.4) is 0 Å². The molecule has 0 aliphatic heterocycles. The standard InChI is InChI=1S/C28H31N.2C2H6/c1-3-28-21(2)16-23(17-26(28)15-9-12-22-10-5-4-6-11-22)20-29-27-18-24-13-7-8-14-25(24)19-27;2*1-2/h3-8,10-11,13-14,16-17,27,29H,1,9,12,15,18-20H2,2H3;2*1-2H3. The lowest BCUT2D eigenvalue weighted by molar-refractivity contribution is 0.532. The molecule has 1 aliphatic rings. The summed E-state index contributed by atoms with van der Waals surface area (Å²) in [5.74, 6) is 0. The molecular formula is C32H43N. The highest BCUT2D eigenvalue weighted by atomic mass is 14.9. The Kier molecular flexibility index (Phi) is 11.7. The summed E-state index contributed by atoms with van der Waals surface area (Å²) in [6.07, 6.45) is 7.70. The quantitative estimate of drug-likeness (QED) is 0.372. The number of rotatable bonds is 8. The first-order valence-electron chi connectivity index (χ1n) is 12.8. The molecule has 176 valence electrons. The SMILES string of the molecule is C=Cc1c(C)cc(CNC2Cc3ccccc3C2)cc1CCCc1ccccc1.CC.CC. The van der Waals surface area contributed by atoms with Crippen LogP contribution in [0.25, 0.3) is 6.08 Å². The molecule has 1 N–H and O–H groups in total. The molecule has 4 rings (SSSR count). The molecule has 0 atom stereocenters. The minimum Gasteiger partial charge on any atom is -0.309 e. The first kappa shape index (κ1) is 26.6. The maximum atomic E-state index is 4.06. The Bertz CT molecular complexity index is 946. The van der Waals surface area contributed by atoms with Crippen LogP contribution in [-0.4, -0.2) is 6.04 Å². The second kappa shape index (κ2) is 14.5. The van der Waals surface area contributed by atoms with E-state index in [0.29, 0.717) is 6.04 Å². The molecule has 3 aromatic carbocycles. The van der Waals surface area contributed by atoms with Crippen molar-refractivity contribution in [1.82, 2.24) is 5.32 Å². The van der Waals surface area contributed by atoms with Crippen molar-refractivity contribution in [2.45, 2.75) is 79.3 Å². The third-order valence-electron chi connectivity index (χ3n) is 6.14. The van der Waals surface area contributed by atoms with Crippen LogP contribution in [0.15, 0.2) is 73.3 Å². The van der Waals surface area contributed by atoms with Gasteiger partial charge in [-0.15, -0.1) is 0 Å². The van der Waals surface area contributed by atoms with Crippen LogP contribution in [0, 0.1) is 6.92 Å². The summed E-state index contributed by atoms with van der Waals surface area (Å²) in [7, 11) is 0. The fourth-order valence-corrected chi connectivity index (χ4v) is 4.65. The Hall–Kier alpha value is -2.64. The van der Waals surface area contributed by atoms with Crippen LogP contribution < -0.4 is 5.32 Å². The average Bonchev–Trinajstić information content (AvgIpc) is 3.29. The molecule has 0 heterocycles. The van der Waals surface area contributed by atoms with Gasteiger partial charge in [-0.3, -0.25) is 0 Å². The van der Waals surface area contributed by atoms with Crippen LogP contribution in [0.1, 0.15) is 73.1 Å². The minimum atomic E-state index is 0.549. The van der Waals surface area contributed by atoms with Gasteiger partial charge in [0, 0.05) is 12.6 Å². The number of fused-ring (bicyclic) bond motifs is 1. The van der Waals surface area contributed by atoms with Crippen molar-refractivity contribution in [2.24, 2.45) is 0 Å². The molecule has 33 heavy (non-hydrogen) atoms. The number of hydrogen-bond donors (Lipinski definition) is 1. The maximum absolute atomic E-state index is 4.06. The van der Waals surface area contributed by atoms with Crippen molar-refractivity contribution in [2.75, 3.05) is 0 Å². The smallest absolute Gasteiger partial charge is 0.0208 e. The van der Waals surface area contributed by atoms with Crippen molar-refractivity contribution in [3.63, 3.8) is 0 Å². The molecule has 0 spiro atoms. The second-order valence-corrected chi connectivity index (χ2v) is 8.28. The largest absolute Gasteiger partial charge is 0.309 e. The molecule has 0 amide bonds. The van der Waals surface area contributed by atoms with E-state index < -0.39 is 0 Å². The van der Waals surface area contributed by atoms with Gasteiger partial charge in [-0.1, -0.05) is 107 Å². The summed E-state index contributed by atoms with van der Waals surface area (Å²) in [6.45, 7) is 15.2. The lowest BCUT2D eigenvalue weighted by Crippen LogP contribution is -2.29. The van der Waals surface area contributed by atoms with Gasteiger partial charge in [-0.2, -0.15) is 0 Å². The van der Waals surface area contributed by atoms with Crippen LogP contribution in [0.5, 0.6) is 0 Å². The zero-order valence-electron chi connectivity index (χ0n) is 21.5. The van der Waals surface area contributed by atoms with E-state index in [4.69, 9.17) is 0 Å². The van der Waals surface area contributed by atoms with E-state index in [2.05, 4.69) is 85.5 Å². The van der Waals surface area contributed by atoms with E-state index in [9.17, 15) is 0 Å². The summed E-state index contributed by atoms with van der Waals surface area (Å²) < 4.78 is 0. The van der Waals surface area contributed by atoms with Crippen molar-refractivity contribution in [3.8, 4) is 0 Å². The summed E-state index contributed by atoms with van der Waals surface area (Å²) in [5, 5.41) is 3.79. The highest BCUT2D eigenvalue weighted by Crippen LogP contribution is 2.24. The number of benzene rings is 3. The number of nitrogens with one attached hydrogen (secondary N) is 1. The second-order valence-electron chi connectivity index (χ2n) is 8.28. The Labute approximate surface area is 203 Å². The summed E-state index contributed by atoms with van der Waals surface area (Å²) >= 11 is 0. The highest BCUT2D eigenvalue weighted by Gasteiger charge is 2.20. The molecule has 0 bridgehead atoms. The van der Waals surface area contributed by atoms with Crippen LogP contribution in [-0.2, 0) is 32.2 Å². The lowest BCUT2D eigenvalue weighted by atomic mass is 9.94. The molecule has 0 unspecified atom stereocenters. The Morgan fingerprint density at radius 3 is 2.03 bits per heavy atom. The minimum absolute atomic E-state index is 0.549. The predicted molar refractivity (Wildman–Crippen MR) is 147 cm³/mol. The normalized spacial score (nSPS) is 12.2. The first-order chi connectivity index (χ1) is 16.2. The van der Waals surface area contributed by atoms with E-state index >= 15 is 0 Å². The van der Waals surface area contributed by atoms with Gasteiger partial charge >= 0.3 is 0 Å². The van der Waals surface area contributed by atoms with Gasteiger partial charge in [0.25, 0.3) is 0 Å². The van der Waals surface area contributed by atoms with Crippen LogP contribution in [0.4, 0.5) is 0 Å². The van der Waals surface area contributed by atoms with E-state index in [0.717, 1.165) is 32.2 Å². The number of hydrogen-bond acceptors (Lipinski definition) is 1. The van der Waals surface area contributed by atoms with Crippen LogP contribution >= 0.6 is 0 Å². The Balaban J connectivity index is 0.000000914. The zero-order chi connectivity index (χ0) is 24.1. The summed E-state index contributed by atoms with van der Waals surface area (Å²) in [4.78, 5) is 0. The highest BCUT2D eigenvalue weighted by molar-refractivity contribution is 5.57. The molecule has 3 aromatic rings. The molecule has 0 saturated heterocycles. The predicted octanol–water partition coefficient (Wildman–Crippen LogP) is 8.12. The fourth-order valence-electron chi connectivity index (χ4n) is 4.65. The van der Waals surface area contributed by atoms with Crippen molar-refractivity contribution in [1.29, 1.82) is 0 Å². The fraction of sp³-hybridized carbons (Fsp3) is 0.375. The third-order valence-corrected chi connectivity index (χ3v) is 6.14. The average molecular weight is 442 g/mol. The first-order valence-corrected chi connectivity index (χ1v) is 12.8. The van der Waals surface area contributed by atoms with Gasteiger partial charge in [-0.05, 0) is 78.0 Å². The van der Waals surface area contributed by atoms with Crippen molar-refractivity contribution in [3.05, 3.63) is 112 Å². The van der Waals surface area contributed by atoms with E-state index in [1.165, 1.54) is 45.4 Å². The Morgan fingerprint density at radius 1 is 0.818 bits per heavy atom. The van der Waals surface area contributed by atoms with Gasteiger partial charge in [0.1, 0.15) is 0 Å². The molecule has 0 fully saturated rings. The van der Waals surface area contributed by atoms with E-state index in [1.54, 1.807) is 0 Å². The summed E-state index contributed by atoms with van der Waals surface area (Å²) in [6, 6.07) is 24.9. The molecule has 1 nitrogen and oxygen atoms in total. The van der Waals surface area contributed by atoms with Crippen LogP contribution in [0.2, 0.25) is 0 Å². The van der Waals surface area contributed by atoms with E-state index in [-0.39, 0.29) is 0 Å². The maximum Gasteiger partial charge on any atom is 0.0208 e. The van der Waals surface area contributed by atoms with Gasteiger partial charge in [-0.25, -0.2) is 0 Å². The monoisotopic (exact) mass is 441 g/mol. The molecule has 0 saturated carbocycles. The zero-order valence-corrected chi connectivity index (χ0v) is 21.5. The van der Waals surface area contributed by atoms with Gasteiger partial charge in [0.15, 0.2) is 0 Å². The third kappa shape index (κ3) is 7.72. The summed E-state index contributed by atoms with van der Waals surface area (Å²) in [5.41, 5.74) is 9.90. The van der Waals surface area contributed by atoms with Crippen molar-refractivity contribution >= 4 is 6.08 Å². The Morgan fingerprint density at radius 2 is 1.42 bits per heavy atom. The van der Waals surface area contributed by atoms with Gasteiger partial charge in [0.05, 0.1) is 0 Å². The molecular weight excluding hydrogens is 398 g/mol. The lowest BCUT2D eigenvalue weighted by Gasteiger charge is -2.16. The molecule has 1 aliphatic carbocycles. The molecule has 0 radical (unpaired) electrons. The van der Waals surface area contributed by atoms with E-state index in [1.807, 2.05) is 33.8 Å².